The number of ether oxygens (including phenoxy) is 1. The molecule has 26 heavy (non-hydrogen) atoms. The highest BCUT2D eigenvalue weighted by Crippen LogP contribution is 2.28. The summed E-state index contributed by atoms with van der Waals surface area (Å²) < 4.78 is 4.91. The third kappa shape index (κ3) is 3.85. The molecule has 1 fully saturated rings. The van der Waals surface area contributed by atoms with Crippen LogP contribution >= 0.6 is 0 Å². The first-order valence-corrected chi connectivity index (χ1v) is 8.29. The maximum Gasteiger partial charge on any atom is 0.337 e. The first kappa shape index (κ1) is 17.9. The van der Waals surface area contributed by atoms with E-state index < -0.39 is 5.97 Å². The molecule has 0 bridgehead atoms. The van der Waals surface area contributed by atoms with Gasteiger partial charge in [0.05, 0.1) is 11.3 Å². The molecular formula is C18H20N4O4. The van der Waals surface area contributed by atoms with Crippen LogP contribution in [-0.4, -0.2) is 63.6 Å². The van der Waals surface area contributed by atoms with Crippen molar-refractivity contribution in [3.8, 4) is 11.3 Å². The highest BCUT2D eigenvalue weighted by molar-refractivity contribution is 5.88. The van der Waals surface area contributed by atoms with Gasteiger partial charge in [0.2, 0.25) is 5.91 Å². The predicted octanol–water partition coefficient (Wildman–Crippen LogP) is 1.51. The number of pyridine rings is 1. The Morgan fingerprint density at radius 1 is 1.31 bits per heavy atom. The lowest BCUT2D eigenvalue weighted by Gasteiger charge is -2.16. The number of aromatic nitrogens is 3. The van der Waals surface area contributed by atoms with E-state index in [-0.39, 0.29) is 24.0 Å². The fourth-order valence-corrected chi connectivity index (χ4v) is 3.09. The van der Waals surface area contributed by atoms with Gasteiger partial charge in [-0.25, -0.2) is 14.8 Å². The van der Waals surface area contributed by atoms with E-state index in [0.29, 0.717) is 30.2 Å². The van der Waals surface area contributed by atoms with Gasteiger partial charge >= 0.3 is 5.97 Å². The molecule has 3 rings (SSSR count). The molecule has 2 aromatic rings. The Bertz CT molecular complexity index is 840. The molecule has 0 aliphatic carbocycles. The number of likely N-dealkylation sites (tertiary alicyclic amines) is 1. The average molecular weight is 356 g/mol. The van der Waals surface area contributed by atoms with E-state index in [0.717, 1.165) is 12.1 Å². The third-order valence-corrected chi connectivity index (χ3v) is 4.37. The summed E-state index contributed by atoms with van der Waals surface area (Å²) in [6.45, 7) is 3.13. The van der Waals surface area contributed by atoms with Crippen LogP contribution < -0.4 is 0 Å². The van der Waals surface area contributed by atoms with Gasteiger partial charge in [-0.05, 0) is 25.5 Å². The fraction of sp³-hybridized carbons (Fsp3) is 0.389. The van der Waals surface area contributed by atoms with E-state index in [2.05, 4.69) is 15.0 Å². The van der Waals surface area contributed by atoms with Crippen LogP contribution in [0.1, 0.15) is 34.2 Å². The number of aryl methyl sites for hydroxylation is 1. The Kier molecular flexibility index (Phi) is 5.22. The molecule has 3 heterocycles. The van der Waals surface area contributed by atoms with Crippen molar-refractivity contribution in [3.05, 3.63) is 41.6 Å². The number of carboxylic acids is 1. The SMILES string of the molecule is COCC(=O)N1CCC(c2cc(-c3cncc(C(=O)O)c3)nc(C)n2)C1. The summed E-state index contributed by atoms with van der Waals surface area (Å²) in [4.78, 5) is 37.8. The molecule has 8 nitrogen and oxygen atoms in total. The Labute approximate surface area is 150 Å². The maximum absolute atomic E-state index is 12.0. The number of aromatic carboxylic acids is 1. The van der Waals surface area contributed by atoms with Gasteiger partial charge in [0.15, 0.2) is 0 Å². The molecule has 0 radical (unpaired) electrons. The van der Waals surface area contributed by atoms with E-state index in [4.69, 9.17) is 9.84 Å². The van der Waals surface area contributed by atoms with Crippen LogP contribution in [-0.2, 0) is 9.53 Å². The molecular weight excluding hydrogens is 336 g/mol. The monoisotopic (exact) mass is 356 g/mol. The van der Waals surface area contributed by atoms with E-state index in [1.807, 2.05) is 6.07 Å². The van der Waals surface area contributed by atoms with Crippen molar-refractivity contribution in [3.63, 3.8) is 0 Å². The molecule has 1 aliphatic rings. The zero-order chi connectivity index (χ0) is 18.7. The fourth-order valence-electron chi connectivity index (χ4n) is 3.09. The van der Waals surface area contributed by atoms with Gasteiger partial charge < -0.3 is 14.7 Å². The highest BCUT2D eigenvalue weighted by atomic mass is 16.5. The number of carbonyl (C=O) groups excluding carboxylic acids is 1. The molecule has 1 aliphatic heterocycles. The zero-order valence-electron chi connectivity index (χ0n) is 14.7. The summed E-state index contributed by atoms with van der Waals surface area (Å²) in [7, 11) is 1.50. The number of carboxylic acid groups (broad SMARTS) is 1. The minimum absolute atomic E-state index is 0.0284. The van der Waals surface area contributed by atoms with Crippen LogP contribution in [0.2, 0.25) is 0 Å². The number of nitrogens with zero attached hydrogens (tertiary/aromatic N) is 4. The molecule has 1 saturated heterocycles. The second kappa shape index (κ2) is 7.57. The topological polar surface area (TPSA) is 106 Å². The average Bonchev–Trinajstić information content (AvgIpc) is 3.12. The first-order valence-electron chi connectivity index (χ1n) is 8.29. The van der Waals surface area contributed by atoms with Gasteiger partial charge in [-0.3, -0.25) is 9.78 Å². The number of hydrogen-bond donors (Lipinski definition) is 1. The van der Waals surface area contributed by atoms with Crippen molar-refractivity contribution in [2.75, 3.05) is 26.8 Å². The summed E-state index contributed by atoms with van der Waals surface area (Å²) in [6.07, 6.45) is 3.71. The molecule has 136 valence electrons. The zero-order valence-corrected chi connectivity index (χ0v) is 14.7. The van der Waals surface area contributed by atoms with Crippen molar-refractivity contribution in [1.82, 2.24) is 19.9 Å². The predicted molar refractivity (Wildman–Crippen MR) is 92.8 cm³/mol. The number of hydrogen-bond acceptors (Lipinski definition) is 6. The van der Waals surface area contributed by atoms with Gasteiger partial charge in [-0.1, -0.05) is 0 Å². The van der Waals surface area contributed by atoms with Crippen molar-refractivity contribution >= 4 is 11.9 Å². The quantitative estimate of drug-likeness (QED) is 0.865. The molecule has 1 atom stereocenters. The van der Waals surface area contributed by atoms with Crippen LogP contribution in [0.25, 0.3) is 11.3 Å². The Morgan fingerprint density at radius 3 is 2.85 bits per heavy atom. The highest BCUT2D eigenvalue weighted by Gasteiger charge is 2.28. The second-order valence-corrected chi connectivity index (χ2v) is 6.25. The molecule has 2 aromatic heterocycles. The standard InChI is InChI=1S/C18H20N4O4/c1-11-20-15(12-3-4-22(9-12)17(23)10-26-2)6-16(21-11)13-5-14(18(24)25)8-19-7-13/h5-8,12H,3-4,9-10H2,1-2H3,(H,24,25). The number of rotatable bonds is 5. The minimum Gasteiger partial charge on any atom is -0.478 e. The van der Waals surface area contributed by atoms with Crippen LogP contribution in [0.3, 0.4) is 0 Å². The Balaban J connectivity index is 1.86. The van der Waals surface area contributed by atoms with E-state index in [1.165, 1.54) is 13.3 Å². The van der Waals surface area contributed by atoms with Crippen molar-refractivity contribution in [2.45, 2.75) is 19.3 Å². The van der Waals surface area contributed by atoms with Gasteiger partial charge in [0.25, 0.3) is 0 Å². The van der Waals surface area contributed by atoms with Crippen LogP contribution in [0.15, 0.2) is 24.5 Å². The molecule has 8 heteroatoms. The smallest absolute Gasteiger partial charge is 0.337 e. The lowest BCUT2D eigenvalue weighted by Crippen LogP contribution is -2.31. The largest absolute Gasteiger partial charge is 0.478 e. The Hall–Kier alpha value is -2.87. The molecule has 1 amide bonds. The third-order valence-electron chi connectivity index (χ3n) is 4.37. The van der Waals surface area contributed by atoms with Crippen molar-refractivity contribution in [1.29, 1.82) is 0 Å². The van der Waals surface area contributed by atoms with Crippen LogP contribution in [0, 0.1) is 6.92 Å². The molecule has 0 aromatic carbocycles. The van der Waals surface area contributed by atoms with E-state index >= 15 is 0 Å². The van der Waals surface area contributed by atoms with Gasteiger partial charge in [0, 0.05) is 49.8 Å². The van der Waals surface area contributed by atoms with Gasteiger partial charge in [-0.15, -0.1) is 0 Å². The van der Waals surface area contributed by atoms with E-state index in [1.54, 1.807) is 24.1 Å². The van der Waals surface area contributed by atoms with Crippen molar-refractivity contribution in [2.24, 2.45) is 0 Å². The van der Waals surface area contributed by atoms with E-state index in [9.17, 15) is 9.59 Å². The van der Waals surface area contributed by atoms with Crippen LogP contribution in [0.4, 0.5) is 0 Å². The lowest BCUT2D eigenvalue weighted by atomic mass is 10.0. The molecule has 0 saturated carbocycles. The first-order chi connectivity index (χ1) is 12.5. The normalized spacial score (nSPS) is 16.7. The number of carbonyl (C=O) groups is 2. The Morgan fingerprint density at radius 2 is 2.12 bits per heavy atom. The van der Waals surface area contributed by atoms with Gasteiger partial charge in [-0.2, -0.15) is 0 Å². The maximum atomic E-state index is 12.0. The number of methoxy groups -OCH3 is 1. The number of amides is 1. The summed E-state index contributed by atoms with van der Waals surface area (Å²) in [5.74, 6) is -0.348. The van der Waals surface area contributed by atoms with Crippen molar-refractivity contribution < 1.29 is 19.4 Å². The molecule has 0 spiro atoms. The summed E-state index contributed by atoms with van der Waals surface area (Å²) >= 11 is 0. The lowest BCUT2D eigenvalue weighted by molar-refractivity contribution is -0.134. The molecule has 1 N–H and O–H groups in total. The molecule has 1 unspecified atom stereocenters. The summed E-state index contributed by atoms with van der Waals surface area (Å²) in [5, 5.41) is 9.14. The minimum atomic E-state index is -1.03. The van der Waals surface area contributed by atoms with Gasteiger partial charge in [0.1, 0.15) is 12.4 Å². The second-order valence-electron chi connectivity index (χ2n) is 6.25. The summed E-state index contributed by atoms with van der Waals surface area (Å²) in [6, 6.07) is 3.40. The van der Waals surface area contributed by atoms with Crippen LogP contribution in [0.5, 0.6) is 0 Å². The summed E-state index contributed by atoms with van der Waals surface area (Å²) in [5.41, 5.74) is 2.21.